The van der Waals surface area contributed by atoms with Gasteiger partial charge in [0.15, 0.2) is 0 Å². The quantitative estimate of drug-likeness (QED) is 0.908. The van der Waals surface area contributed by atoms with E-state index in [1.807, 2.05) is 38.1 Å². The van der Waals surface area contributed by atoms with Crippen LogP contribution in [0.4, 0.5) is 5.13 Å². The molecule has 1 amide bonds. The first kappa shape index (κ1) is 16.6. The zero-order chi connectivity index (χ0) is 13.8. The van der Waals surface area contributed by atoms with Gasteiger partial charge in [-0.1, -0.05) is 48.1 Å². The molecule has 0 bridgehead atoms. The van der Waals surface area contributed by atoms with Gasteiger partial charge in [-0.05, 0) is 18.9 Å². The summed E-state index contributed by atoms with van der Waals surface area (Å²) < 4.78 is 0. The van der Waals surface area contributed by atoms with Crippen molar-refractivity contribution in [1.29, 1.82) is 0 Å². The molecule has 0 aliphatic carbocycles. The maximum Gasteiger partial charge on any atom is 0.247 e. The van der Waals surface area contributed by atoms with E-state index in [4.69, 9.17) is 5.73 Å². The summed E-state index contributed by atoms with van der Waals surface area (Å²) in [7, 11) is 0. The molecule has 0 aliphatic rings. The first-order valence-corrected chi connectivity index (χ1v) is 6.87. The average molecular weight is 313 g/mol. The second-order valence-corrected chi connectivity index (χ2v) is 5.29. The Kier molecular flexibility index (Phi) is 6.06. The maximum absolute atomic E-state index is 12.0. The van der Waals surface area contributed by atoms with Gasteiger partial charge in [-0.25, -0.2) is 0 Å². The summed E-state index contributed by atoms with van der Waals surface area (Å²) >= 11 is 1.37. The van der Waals surface area contributed by atoms with Crippen molar-refractivity contribution in [3.05, 3.63) is 40.4 Å². The third-order valence-corrected chi connectivity index (χ3v) is 3.70. The van der Waals surface area contributed by atoms with Crippen LogP contribution in [0.25, 0.3) is 0 Å². The van der Waals surface area contributed by atoms with E-state index in [0.29, 0.717) is 5.13 Å². The highest BCUT2D eigenvalue weighted by molar-refractivity contribution is 7.15. The summed E-state index contributed by atoms with van der Waals surface area (Å²) in [6.45, 7) is 3.98. The number of amides is 1. The van der Waals surface area contributed by atoms with Gasteiger partial charge in [-0.15, -0.1) is 22.6 Å². The van der Waals surface area contributed by atoms with Crippen LogP contribution in [0.15, 0.2) is 24.3 Å². The molecule has 1 unspecified atom stereocenters. The number of anilines is 1. The first-order valence-electron chi connectivity index (χ1n) is 6.05. The SMILES string of the molecule is CCc1nnc(NC(=O)C(N)c2ccc(C)cc2)s1.Cl. The van der Waals surface area contributed by atoms with Crippen molar-refractivity contribution in [1.82, 2.24) is 10.2 Å². The lowest BCUT2D eigenvalue weighted by Crippen LogP contribution is -2.27. The largest absolute Gasteiger partial charge is 0.316 e. The van der Waals surface area contributed by atoms with Gasteiger partial charge in [-0.3, -0.25) is 10.1 Å². The van der Waals surface area contributed by atoms with Crippen LogP contribution in [0, 0.1) is 6.92 Å². The molecule has 20 heavy (non-hydrogen) atoms. The van der Waals surface area contributed by atoms with Crippen LogP contribution in [0.2, 0.25) is 0 Å². The lowest BCUT2D eigenvalue weighted by molar-refractivity contribution is -0.117. The number of nitrogens with zero attached hydrogens (tertiary/aromatic N) is 2. The number of carbonyl (C=O) groups is 1. The summed E-state index contributed by atoms with van der Waals surface area (Å²) in [5.41, 5.74) is 7.83. The molecular formula is C13H17ClN4OS. The molecule has 2 aromatic rings. The predicted octanol–water partition coefficient (Wildman–Crippen LogP) is 2.47. The van der Waals surface area contributed by atoms with Gasteiger partial charge in [0.25, 0.3) is 0 Å². The number of carbonyl (C=O) groups excluding carboxylic acids is 1. The van der Waals surface area contributed by atoms with Crippen LogP contribution in [-0.2, 0) is 11.2 Å². The molecule has 0 saturated carbocycles. The van der Waals surface area contributed by atoms with Crippen molar-refractivity contribution in [3.63, 3.8) is 0 Å². The first-order chi connectivity index (χ1) is 9.10. The van der Waals surface area contributed by atoms with Gasteiger partial charge in [0.2, 0.25) is 11.0 Å². The second-order valence-electron chi connectivity index (χ2n) is 4.23. The Morgan fingerprint density at radius 3 is 2.55 bits per heavy atom. The van der Waals surface area contributed by atoms with Crippen molar-refractivity contribution in [2.45, 2.75) is 26.3 Å². The number of aromatic nitrogens is 2. The van der Waals surface area contributed by atoms with Gasteiger partial charge in [0, 0.05) is 0 Å². The Labute approximate surface area is 128 Å². The van der Waals surface area contributed by atoms with E-state index < -0.39 is 6.04 Å². The molecular weight excluding hydrogens is 296 g/mol. The van der Waals surface area contributed by atoms with E-state index >= 15 is 0 Å². The van der Waals surface area contributed by atoms with Crippen LogP contribution in [0.1, 0.15) is 29.1 Å². The minimum Gasteiger partial charge on any atom is -0.316 e. The minimum absolute atomic E-state index is 0. The van der Waals surface area contributed by atoms with Crippen molar-refractivity contribution in [2.24, 2.45) is 5.73 Å². The minimum atomic E-state index is -0.699. The van der Waals surface area contributed by atoms with E-state index in [2.05, 4.69) is 15.5 Å². The number of nitrogens with one attached hydrogen (secondary N) is 1. The number of halogens is 1. The lowest BCUT2D eigenvalue weighted by Gasteiger charge is -2.10. The molecule has 0 aliphatic heterocycles. The van der Waals surface area contributed by atoms with Gasteiger partial charge >= 0.3 is 0 Å². The Morgan fingerprint density at radius 1 is 1.35 bits per heavy atom. The molecule has 0 radical (unpaired) electrons. The number of aryl methyl sites for hydroxylation is 2. The molecule has 108 valence electrons. The fourth-order valence-electron chi connectivity index (χ4n) is 1.56. The molecule has 0 saturated heterocycles. The molecule has 7 heteroatoms. The lowest BCUT2D eigenvalue weighted by atomic mass is 10.1. The molecule has 1 aromatic heterocycles. The summed E-state index contributed by atoms with van der Waals surface area (Å²) in [4.78, 5) is 12.0. The smallest absolute Gasteiger partial charge is 0.247 e. The molecule has 1 atom stereocenters. The van der Waals surface area contributed by atoms with Crippen molar-refractivity contribution < 1.29 is 4.79 Å². The van der Waals surface area contributed by atoms with E-state index in [9.17, 15) is 4.79 Å². The highest BCUT2D eigenvalue weighted by Gasteiger charge is 2.17. The molecule has 2 rings (SSSR count). The number of hydrogen-bond donors (Lipinski definition) is 2. The van der Waals surface area contributed by atoms with Crippen LogP contribution in [-0.4, -0.2) is 16.1 Å². The van der Waals surface area contributed by atoms with Gasteiger partial charge in [-0.2, -0.15) is 0 Å². The number of hydrogen-bond acceptors (Lipinski definition) is 5. The topological polar surface area (TPSA) is 80.9 Å². The van der Waals surface area contributed by atoms with E-state index in [1.54, 1.807) is 0 Å². The predicted molar refractivity (Wildman–Crippen MR) is 83.3 cm³/mol. The van der Waals surface area contributed by atoms with E-state index in [1.165, 1.54) is 11.3 Å². The van der Waals surface area contributed by atoms with Crippen molar-refractivity contribution in [3.8, 4) is 0 Å². The standard InChI is InChI=1S/C13H16N4OS.ClH/c1-3-10-16-17-13(19-10)15-12(18)11(14)9-6-4-8(2)5-7-9;/h4-7,11H,3,14H2,1-2H3,(H,15,17,18);1H. The van der Waals surface area contributed by atoms with E-state index in [0.717, 1.165) is 22.6 Å². The van der Waals surface area contributed by atoms with Crippen LogP contribution in [0.5, 0.6) is 0 Å². The Bertz CT molecular complexity index is 570. The average Bonchev–Trinajstić information content (AvgIpc) is 2.86. The van der Waals surface area contributed by atoms with Gasteiger partial charge < -0.3 is 5.73 Å². The number of rotatable bonds is 4. The number of nitrogens with two attached hydrogens (primary N) is 1. The van der Waals surface area contributed by atoms with Crippen molar-refractivity contribution >= 4 is 34.8 Å². The third kappa shape index (κ3) is 4.00. The van der Waals surface area contributed by atoms with Gasteiger partial charge in [0.05, 0.1) is 0 Å². The zero-order valence-electron chi connectivity index (χ0n) is 11.3. The maximum atomic E-state index is 12.0. The second kappa shape index (κ2) is 7.33. The molecule has 1 heterocycles. The van der Waals surface area contributed by atoms with Crippen molar-refractivity contribution in [2.75, 3.05) is 5.32 Å². The molecule has 3 N–H and O–H groups in total. The summed E-state index contributed by atoms with van der Waals surface area (Å²) in [6.07, 6.45) is 0.803. The fraction of sp³-hybridized carbons (Fsp3) is 0.308. The van der Waals surface area contributed by atoms with Crippen LogP contribution < -0.4 is 11.1 Å². The zero-order valence-corrected chi connectivity index (χ0v) is 12.9. The Hall–Kier alpha value is -1.50. The third-order valence-electron chi connectivity index (χ3n) is 2.72. The summed E-state index contributed by atoms with van der Waals surface area (Å²) in [6, 6.07) is 6.88. The van der Waals surface area contributed by atoms with Crippen LogP contribution in [0.3, 0.4) is 0 Å². The molecule has 0 spiro atoms. The van der Waals surface area contributed by atoms with E-state index in [-0.39, 0.29) is 18.3 Å². The monoisotopic (exact) mass is 312 g/mol. The molecule has 5 nitrogen and oxygen atoms in total. The van der Waals surface area contributed by atoms with Gasteiger partial charge in [0.1, 0.15) is 11.0 Å². The number of benzene rings is 1. The highest BCUT2D eigenvalue weighted by atomic mass is 35.5. The Morgan fingerprint density at radius 2 is 2.00 bits per heavy atom. The fourth-order valence-corrected chi connectivity index (χ4v) is 2.24. The van der Waals surface area contributed by atoms with Crippen LogP contribution >= 0.6 is 23.7 Å². The Balaban J connectivity index is 0.00000200. The molecule has 0 fully saturated rings. The summed E-state index contributed by atoms with van der Waals surface area (Å²) in [5, 5.41) is 11.9. The highest BCUT2D eigenvalue weighted by Crippen LogP contribution is 2.18. The summed E-state index contributed by atoms with van der Waals surface area (Å²) in [5.74, 6) is -0.275. The normalized spacial score (nSPS) is 11.6. The molecule has 1 aromatic carbocycles.